The van der Waals surface area contributed by atoms with Crippen molar-refractivity contribution in [1.82, 2.24) is 20.5 Å². The zero-order valence-electron chi connectivity index (χ0n) is 16.9. The molecule has 0 unspecified atom stereocenters. The van der Waals surface area contributed by atoms with Gasteiger partial charge in [0.1, 0.15) is 5.58 Å². The number of fused-ring (bicyclic) bond motifs is 1. The van der Waals surface area contributed by atoms with Crippen LogP contribution in [0.4, 0.5) is 0 Å². The van der Waals surface area contributed by atoms with Gasteiger partial charge in [-0.15, -0.1) is 0 Å². The lowest BCUT2D eigenvalue weighted by Crippen LogP contribution is -2.44. The summed E-state index contributed by atoms with van der Waals surface area (Å²) in [6.07, 6.45) is 8.27. The van der Waals surface area contributed by atoms with Gasteiger partial charge in [0.25, 0.3) is 5.91 Å². The maximum atomic E-state index is 12.7. The number of carbonyl (C=O) groups excluding carboxylic acids is 1. The average Bonchev–Trinajstić information content (AvgIpc) is 3.27. The van der Waals surface area contributed by atoms with Crippen molar-refractivity contribution in [2.24, 2.45) is 0 Å². The van der Waals surface area contributed by atoms with Crippen LogP contribution in [0.2, 0.25) is 0 Å². The van der Waals surface area contributed by atoms with Gasteiger partial charge < -0.3 is 25.4 Å². The highest BCUT2D eigenvalue weighted by Crippen LogP contribution is 2.27. The topological polar surface area (TPSA) is 94.2 Å². The maximum absolute atomic E-state index is 12.7. The lowest BCUT2D eigenvalue weighted by molar-refractivity contribution is 0.0919. The standard InChI is InChI=1S/C23H25N5O2/c1-25-15-19(14-24)28-11-7-18(8-12-28)27-23(29)17-4-2-16(3-5-17)22-20-9-13-30-21(20)6-10-26-22/h2-6,9-10,13-15,18,24-25H,7-8,11-12H2,1H3,(H,27,29)/b19-15+,24-14?. The van der Waals surface area contributed by atoms with Crippen LogP contribution in [0.15, 0.2) is 65.2 Å². The lowest BCUT2D eigenvalue weighted by Gasteiger charge is -2.34. The van der Waals surface area contributed by atoms with Gasteiger partial charge in [-0.05, 0) is 37.1 Å². The zero-order valence-corrected chi connectivity index (χ0v) is 16.9. The number of aromatic nitrogens is 1. The smallest absolute Gasteiger partial charge is 0.251 e. The van der Waals surface area contributed by atoms with Crippen LogP contribution in [0, 0.1) is 5.41 Å². The molecule has 1 aromatic carbocycles. The molecule has 0 radical (unpaired) electrons. The molecule has 0 atom stereocenters. The molecule has 1 aliphatic rings. The van der Waals surface area contributed by atoms with Crippen LogP contribution >= 0.6 is 0 Å². The van der Waals surface area contributed by atoms with E-state index in [2.05, 4.69) is 20.5 Å². The van der Waals surface area contributed by atoms with Gasteiger partial charge in [0, 0.05) is 61.3 Å². The van der Waals surface area contributed by atoms with E-state index in [9.17, 15) is 4.79 Å². The third-order valence-electron chi connectivity index (χ3n) is 5.44. The molecule has 1 fully saturated rings. The van der Waals surface area contributed by atoms with Gasteiger partial charge in [0.15, 0.2) is 0 Å². The normalized spacial score (nSPS) is 15.2. The number of nitrogens with one attached hydrogen (secondary N) is 3. The fourth-order valence-corrected chi connectivity index (χ4v) is 3.83. The Hall–Kier alpha value is -3.61. The van der Waals surface area contributed by atoms with Gasteiger partial charge >= 0.3 is 0 Å². The molecular formula is C23H25N5O2. The van der Waals surface area contributed by atoms with E-state index in [0.29, 0.717) is 5.56 Å². The molecule has 1 amide bonds. The molecule has 2 aromatic heterocycles. The number of amides is 1. The molecule has 7 heteroatoms. The Morgan fingerprint density at radius 2 is 1.97 bits per heavy atom. The molecular weight excluding hydrogens is 378 g/mol. The largest absolute Gasteiger partial charge is 0.464 e. The Labute approximate surface area is 175 Å². The Balaban J connectivity index is 1.39. The lowest BCUT2D eigenvalue weighted by atomic mass is 10.0. The number of hydrogen-bond acceptors (Lipinski definition) is 6. The van der Waals surface area contributed by atoms with E-state index in [0.717, 1.165) is 53.9 Å². The van der Waals surface area contributed by atoms with Gasteiger partial charge in [0.05, 0.1) is 17.7 Å². The first-order valence-corrected chi connectivity index (χ1v) is 10.1. The van der Waals surface area contributed by atoms with E-state index in [-0.39, 0.29) is 11.9 Å². The van der Waals surface area contributed by atoms with Crippen LogP contribution in [0.25, 0.3) is 22.2 Å². The molecule has 0 spiro atoms. The van der Waals surface area contributed by atoms with Crippen molar-refractivity contribution in [2.75, 3.05) is 20.1 Å². The number of furan rings is 1. The van der Waals surface area contributed by atoms with E-state index < -0.39 is 0 Å². The maximum Gasteiger partial charge on any atom is 0.251 e. The molecule has 3 N–H and O–H groups in total. The number of hydrogen-bond donors (Lipinski definition) is 3. The molecule has 7 nitrogen and oxygen atoms in total. The van der Waals surface area contributed by atoms with Crippen LogP contribution < -0.4 is 10.6 Å². The van der Waals surface area contributed by atoms with Crippen molar-refractivity contribution in [3.05, 3.63) is 66.3 Å². The van der Waals surface area contributed by atoms with Gasteiger partial charge in [-0.1, -0.05) is 12.1 Å². The quantitative estimate of drug-likeness (QED) is 0.549. The monoisotopic (exact) mass is 403 g/mol. The fraction of sp³-hybridized carbons (Fsp3) is 0.261. The van der Waals surface area contributed by atoms with E-state index in [1.54, 1.807) is 12.5 Å². The first-order chi connectivity index (χ1) is 14.7. The van der Waals surface area contributed by atoms with Gasteiger partial charge in [-0.25, -0.2) is 0 Å². The van der Waals surface area contributed by atoms with Crippen molar-refractivity contribution in [3.63, 3.8) is 0 Å². The summed E-state index contributed by atoms with van der Waals surface area (Å²) >= 11 is 0. The molecule has 3 heterocycles. The summed E-state index contributed by atoms with van der Waals surface area (Å²) in [5.74, 6) is -0.0625. The van der Waals surface area contributed by atoms with Gasteiger partial charge in [-0.3, -0.25) is 9.78 Å². The number of carbonyl (C=O) groups is 1. The van der Waals surface area contributed by atoms with Gasteiger partial charge in [-0.2, -0.15) is 0 Å². The highest BCUT2D eigenvalue weighted by atomic mass is 16.3. The predicted molar refractivity (Wildman–Crippen MR) is 117 cm³/mol. The third kappa shape index (κ3) is 4.05. The second-order valence-electron chi connectivity index (χ2n) is 7.31. The second-order valence-corrected chi connectivity index (χ2v) is 7.31. The SMILES string of the molecule is CN/C=C(\C=N)N1CCC(NC(=O)c2ccc(-c3nccc4occc34)cc2)CC1. The Morgan fingerprint density at radius 1 is 1.20 bits per heavy atom. The van der Waals surface area contributed by atoms with Crippen molar-refractivity contribution in [3.8, 4) is 11.3 Å². The van der Waals surface area contributed by atoms with E-state index in [1.165, 1.54) is 6.21 Å². The highest BCUT2D eigenvalue weighted by Gasteiger charge is 2.22. The Kier molecular flexibility index (Phi) is 5.79. The van der Waals surface area contributed by atoms with Crippen LogP contribution in [0.3, 0.4) is 0 Å². The summed E-state index contributed by atoms with van der Waals surface area (Å²) in [6.45, 7) is 1.63. The first-order valence-electron chi connectivity index (χ1n) is 10.1. The summed E-state index contributed by atoms with van der Waals surface area (Å²) in [5, 5.41) is 14.6. The van der Waals surface area contributed by atoms with Crippen molar-refractivity contribution in [1.29, 1.82) is 5.41 Å². The molecule has 4 rings (SSSR count). The fourth-order valence-electron chi connectivity index (χ4n) is 3.83. The van der Waals surface area contributed by atoms with Crippen LogP contribution in [-0.2, 0) is 0 Å². The van der Waals surface area contributed by atoms with Crippen LogP contribution in [0.5, 0.6) is 0 Å². The minimum absolute atomic E-state index is 0.0625. The summed E-state index contributed by atoms with van der Waals surface area (Å²) in [5.41, 5.74) is 4.08. The van der Waals surface area contributed by atoms with Crippen molar-refractivity contribution >= 4 is 23.1 Å². The summed E-state index contributed by atoms with van der Waals surface area (Å²) in [4.78, 5) is 19.3. The second kappa shape index (κ2) is 8.82. The predicted octanol–water partition coefficient (Wildman–Crippen LogP) is 3.40. The first kappa shape index (κ1) is 19.7. The molecule has 0 bridgehead atoms. The van der Waals surface area contributed by atoms with Crippen LogP contribution in [-0.4, -0.2) is 48.2 Å². The van der Waals surface area contributed by atoms with E-state index in [4.69, 9.17) is 9.83 Å². The number of benzene rings is 1. The summed E-state index contributed by atoms with van der Waals surface area (Å²) in [7, 11) is 1.83. The highest BCUT2D eigenvalue weighted by molar-refractivity contribution is 5.96. The number of likely N-dealkylation sites (tertiary alicyclic amines) is 1. The van der Waals surface area contributed by atoms with Crippen LogP contribution in [0.1, 0.15) is 23.2 Å². The summed E-state index contributed by atoms with van der Waals surface area (Å²) in [6, 6.07) is 11.4. The average molecular weight is 403 g/mol. The van der Waals surface area contributed by atoms with Crippen molar-refractivity contribution in [2.45, 2.75) is 18.9 Å². The number of rotatable bonds is 6. The number of piperidine rings is 1. The van der Waals surface area contributed by atoms with E-state index >= 15 is 0 Å². The Morgan fingerprint density at radius 3 is 2.67 bits per heavy atom. The van der Waals surface area contributed by atoms with E-state index in [1.807, 2.05) is 49.6 Å². The minimum atomic E-state index is -0.0625. The third-order valence-corrected chi connectivity index (χ3v) is 5.44. The molecule has 1 aliphatic heterocycles. The number of allylic oxidation sites excluding steroid dienone is 1. The Bertz CT molecular complexity index is 1060. The number of nitrogens with zero attached hydrogens (tertiary/aromatic N) is 2. The zero-order chi connectivity index (χ0) is 20.9. The van der Waals surface area contributed by atoms with Gasteiger partial charge in [0.2, 0.25) is 0 Å². The molecule has 0 saturated carbocycles. The molecule has 154 valence electrons. The number of pyridine rings is 1. The molecule has 1 saturated heterocycles. The molecule has 3 aromatic rings. The summed E-state index contributed by atoms with van der Waals surface area (Å²) < 4.78 is 5.44. The molecule has 0 aliphatic carbocycles. The minimum Gasteiger partial charge on any atom is -0.464 e. The van der Waals surface area contributed by atoms with Crippen molar-refractivity contribution < 1.29 is 9.21 Å². The molecule has 30 heavy (non-hydrogen) atoms.